The maximum Gasteiger partial charge on any atom is 0.160 e. The summed E-state index contributed by atoms with van der Waals surface area (Å²) in [5, 5.41) is 11.4. The first kappa shape index (κ1) is 11.4. The van der Waals surface area contributed by atoms with E-state index in [0.717, 1.165) is 12.1 Å². The number of hydrogen-bond acceptors (Lipinski definition) is 2. The summed E-state index contributed by atoms with van der Waals surface area (Å²) >= 11 is 3.10. The van der Waals surface area contributed by atoms with Crippen LogP contribution in [0.1, 0.15) is 6.42 Å². The van der Waals surface area contributed by atoms with Gasteiger partial charge in [0, 0.05) is 23.7 Å². The van der Waals surface area contributed by atoms with Crippen LogP contribution < -0.4 is 5.32 Å². The third-order valence-electron chi connectivity index (χ3n) is 1.66. The van der Waals surface area contributed by atoms with E-state index in [9.17, 15) is 8.78 Å². The van der Waals surface area contributed by atoms with Gasteiger partial charge in [0.05, 0.1) is 5.69 Å². The Bertz CT molecular complexity index is 320. The number of aliphatic hydroxyl groups excluding tert-OH is 1. The first-order valence-electron chi connectivity index (χ1n) is 4.14. The molecule has 0 saturated carbocycles. The zero-order valence-corrected chi connectivity index (χ0v) is 8.94. The Balaban J connectivity index is 2.72. The average Bonchev–Trinajstić information content (AvgIpc) is 2.14. The van der Waals surface area contributed by atoms with Crippen LogP contribution >= 0.6 is 15.9 Å². The molecule has 0 heterocycles. The van der Waals surface area contributed by atoms with Crippen LogP contribution in [0.5, 0.6) is 0 Å². The fourth-order valence-corrected chi connectivity index (χ4v) is 1.42. The quantitative estimate of drug-likeness (QED) is 0.648. The molecule has 0 spiro atoms. The number of benzene rings is 1. The molecule has 0 aromatic heterocycles. The van der Waals surface area contributed by atoms with Crippen LogP contribution in [0.2, 0.25) is 0 Å². The molecule has 2 nitrogen and oxygen atoms in total. The van der Waals surface area contributed by atoms with Gasteiger partial charge < -0.3 is 10.4 Å². The van der Waals surface area contributed by atoms with Crippen molar-refractivity contribution in [2.75, 3.05) is 18.5 Å². The lowest BCUT2D eigenvalue weighted by Gasteiger charge is -2.07. The van der Waals surface area contributed by atoms with Gasteiger partial charge in [-0.25, -0.2) is 8.78 Å². The van der Waals surface area contributed by atoms with Gasteiger partial charge in [-0.1, -0.05) is 0 Å². The van der Waals surface area contributed by atoms with Crippen molar-refractivity contribution in [3.63, 3.8) is 0 Å². The second-order valence-electron chi connectivity index (χ2n) is 2.75. The standard InChI is InChI=1S/C9H10BrF2NO/c10-6-4-7(11)8(12)5-9(6)13-2-1-3-14/h4-5,13-14H,1-3H2. The summed E-state index contributed by atoms with van der Waals surface area (Å²) in [5.74, 6) is -1.77. The summed E-state index contributed by atoms with van der Waals surface area (Å²) in [4.78, 5) is 0. The van der Waals surface area contributed by atoms with E-state index in [-0.39, 0.29) is 6.61 Å². The van der Waals surface area contributed by atoms with Gasteiger partial charge in [0.25, 0.3) is 0 Å². The summed E-state index contributed by atoms with van der Waals surface area (Å²) in [5.41, 5.74) is 0.484. The van der Waals surface area contributed by atoms with Crippen LogP contribution in [0.3, 0.4) is 0 Å². The van der Waals surface area contributed by atoms with Crippen molar-refractivity contribution < 1.29 is 13.9 Å². The molecule has 0 aliphatic rings. The average molecular weight is 266 g/mol. The predicted octanol–water partition coefficient (Wildman–Crippen LogP) is 2.52. The molecular formula is C9H10BrF2NO. The lowest BCUT2D eigenvalue weighted by atomic mass is 10.3. The Hall–Kier alpha value is -0.680. The predicted molar refractivity (Wildman–Crippen MR) is 54.3 cm³/mol. The minimum Gasteiger partial charge on any atom is -0.396 e. The molecular weight excluding hydrogens is 256 g/mol. The molecule has 0 atom stereocenters. The molecule has 0 unspecified atom stereocenters. The van der Waals surface area contributed by atoms with E-state index in [2.05, 4.69) is 21.2 Å². The number of rotatable bonds is 4. The van der Waals surface area contributed by atoms with Crippen LogP contribution in [0.4, 0.5) is 14.5 Å². The van der Waals surface area contributed by atoms with Gasteiger partial charge >= 0.3 is 0 Å². The molecule has 0 saturated heterocycles. The smallest absolute Gasteiger partial charge is 0.160 e. The first-order valence-corrected chi connectivity index (χ1v) is 4.93. The van der Waals surface area contributed by atoms with E-state index < -0.39 is 11.6 Å². The van der Waals surface area contributed by atoms with Crippen LogP contribution in [-0.2, 0) is 0 Å². The maximum atomic E-state index is 12.8. The molecule has 78 valence electrons. The second-order valence-corrected chi connectivity index (χ2v) is 3.60. The third-order valence-corrected chi connectivity index (χ3v) is 2.32. The third kappa shape index (κ3) is 2.92. The highest BCUT2D eigenvalue weighted by Gasteiger charge is 2.06. The van der Waals surface area contributed by atoms with E-state index in [1.165, 1.54) is 0 Å². The van der Waals surface area contributed by atoms with Crippen LogP contribution in [-0.4, -0.2) is 18.3 Å². The highest BCUT2D eigenvalue weighted by Crippen LogP contribution is 2.25. The maximum absolute atomic E-state index is 12.8. The van der Waals surface area contributed by atoms with Gasteiger partial charge in [-0.2, -0.15) is 0 Å². The Morgan fingerprint density at radius 1 is 1.29 bits per heavy atom. The van der Waals surface area contributed by atoms with Crippen LogP contribution in [0, 0.1) is 11.6 Å². The molecule has 14 heavy (non-hydrogen) atoms. The molecule has 2 N–H and O–H groups in total. The number of halogens is 3. The number of anilines is 1. The topological polar surface area (TPSA) is 32.3 Å². The Labute approximate surface area is 89.1 Å². The summed E-state index contributed by atoms with van der Waals surface area (Å²) in [6, 6.07) is 2.15. The number of nitrogens with one attached hydrogen (secondary N) is 1. The largest absolute Gasteiger partial charge is 0.396 e. The van der Waals surface area contributed by atoms with E-state index in [0.29, 0.717) is 23.1 Å². The normalized spacial score (nSPS) is 10.3. The van der Waals surface area contributed by atoms with Crippen molar-refractivity contribution >= 4 is 21.6 Å². The highest BCUT2D eigenvalue weighted by atomic mass is 79.9. The molecule has 0 radical (unpaired) electrons. The molecule has 1 rings (SSSR count). The zero-order valence-electron chi connectivity index (χ0n) is 7.36. The van der Waals surface area contributed by atoms with Crippen LogP contribution in [0.15, 0.2) is 16.6 Å². The minimum absolute atomic E-state index is 0.0638. The Morgan fingerprint density at radius 3 is 2.57 bits per heavy atom. The van der Waals surface area contributed by atoms with Crippen molar-refractivity contribution in [2.45, 2.75) is 6.42 Å². The SMILES string of the molecule is OCCCNc1cc(F)c(F)cc1Br. The lowest BCUT2D eigenvalue weighted by Crippen LogP contribution is -2.04. The van der Waals surface area contributed by atoms with Gasteiger partial charge in [-0.3, -0.25) is 0 Å². The van der Waals surface area contributed by atoms with Gasteiger partial charge in [0.1, 0.15) is 0 Å². The van der Waals surface area contributed by atoms with Gasteiger partial charge in [0.15, 0.2) is 11.6 Å². The monoisotopic (exact) mass is 265 g/mol. The van der Waals surface area contributed by atoms with Gasteiger partial charge in [-0.05, 0) is 28.4 Å². The van der Waals surface area contributed by atoms with Gasteiger partial charge in [-0.15, -0.1) is 0 Å². The summed E-state index contributed by atoms with van der Waals surface area (Å²) < 4.78 is 25.9. The van der Waals surface area contributed by atoms with Crippen molar-refractivity contribution in [2.24, 2.45) is 0 Å². The highest BCUT2D eigenvalue weighted by molar-refractivity contribution is 9.10. The summed E-state index contributed by atoms with van der Waals surface area (Å²) in [6.07, 6.45) is 0.561. The Kier molecular flexibility index (Phi) is 4.28. The van der Waals surface area contributed by atoms with Crippen molar-refractivity contribution in [1.82, 2.24) is 0 Å². The van der Waals surface area contributed by atoms with Crippen molar-refractivity contribution in [1.29, 1.82) is 0 Å². The second kappa shape index (κ2) is 5.26. The number of hydrogen-bond donors (Lipinski definition) is 2. The first-order chi connectivity index (χ1) is 6.65. The van der Waals surface area contributed by atoms with E-state index in [4.69, 9.17) is 5.11 Å². The molecule has 0 aliphatic carbocycles. The summed E-state index contributed by atoms with van der Waals surface area (Å²) in [6.45, 7) is 0.578. The van der Waals surface area contributed by atoms with E-state index in [1.807, 2.05) is 0 Å². The minimum atomic E-state index is -0.889. The van der Waals surface area contributed by atoms with E-state index >= 15 is 0 Å². The number of aliphatic hydroxyl groups is 1. The fraction of sp³-hybridized carbons (Fsp3) is 0.333. The Morgan fingerprint density at radius 2 is 1.93 bits per heavy atom. The lowest BCUT2D eigenvalue weighted by molar-refractivity contribution is 0.292. The molecule has 0 bridgehead atoms. The zero-order chi connectivity index (χ0) is 10.6. The molecule has 5 heteroatoms. The molecule has 1 aromatic rings. The van der Waals surface area contributed by atoms with Crippen molar-refractivity contribution in [3.05, 3.63) is 28.2 Å². The molecule has 0 aliphatic heterocycles. The molecule has 1 aromatic carbocycles. The fourth-order valence-electron chi connectivity index (χ4n) is 0.960. The van der Waals surface area contributed by atoms with Crippen LogP contribution in [0.25, 0.3) is 0 Å². The van der Waals surface area contributed by atoms with Crippen molar-refractivity contribution in [3.8, 4) is 0 Å². The molecule has 0 amide bonds. The van der Waals surface area contributed by atoms with E-state index in [1.54, 1.807) is 0 Å². The summed E-state index contributed by atoms with van der Waals surface area (Å²) in [7, 11) is 0. The van der Waals surface area contributed by atoms with Gasteiger partial charge in [0.2, 0.25) is 0 Å². The molecule has 0 fully saturated rings.